The molecular weight excluding hydrogens is 492 g/mol. The van der Waals surface area contributed by atoms with Gasteiger partial charge in [0.15, 0.2) is 34.5 Å². The molecule has 0 fully saturated rings. The topological polar surface area (TPSA) is 101 Å². The van der Waals surface area contributed by atoms with Crippen LogP contribution in [-0.4, -0.2) is 42.0 Å². The van der Waals surface area contributed by atoms with Crippen LogP contribution in [0, 0.1) is 0 Å². The minimum absolute atomic E-state index is 0.0119. The third-order valence-electron chi connectivity index (χ3n) is 5.12. The lowest BCUT2D eigenvalue weighted by molar-refractivity contribution is -0.135. The van der Waals surface area contributed by atoms with E-state index in [4.69, 9.17) is 23.7 Å². The van der Waals surface area contributed by atoms with Crippen molar-refractivity contribution in [3.8, 4) is 34.5 Å². The molecule has 3 rings (SSSR count). The molecule has 0 spiro atoms. The first-order chi connectivity index (χ1) is 16.9. The normalized spacial score (nSPS) is 13.0. The average Bonchev–Trinajstić information content (AvgIpc) is 3.29. The predicted molar refractivity (Wildman–Crippen MR) is 137 cm³/mol. The second-order valence-electron chi connectivity index (χ2n) is 7.72. The van der Waals surface area contributed by atoms with Crippen molar-refractivity contribution in [3.63, 3.8) is 0 Å². The summed E-state index contributed by atoms with van der Waals surface area (Å²) in [5.74, 6) is 0.765. The number of unbranched alkanes of at least 4 members (excludes halogenated alkanes) is 1. The summed E-state index contributed by atoms with van der Waals surface area (Å²) >= 11 is 8.69. The second kappa shape index (κ2) is 13.2. The number of phenolic OH excluding ortho intramolecular Hbond substituents is 1. The number of hydrogen-bond donors (Lipinski definition) is 3. The quantitative estimate of drug-likeness (QED) is 0.120. The number of esters is 2. The van der Waals surface area contributed by atoms with Crippen LogP contribution in [-0.2, 0) is 9.59 Å². The molecule has 1 unspecified atom stereocenters. The number of benzene rings is 2. The molecule has 2 aromatic carbocycles. The largest absolute Gasteiger partial charge is 0.504 e. The van der Waals surface area contributed by atoms with Gasteiger partial charge in [-0.2, -0.15) is 25.3 Å². The van der Waals surface area contributed by atoms with E-state index in [-0.39, 0.29) is 41.5 Å². The lowest BCUT2D eigenvalue weighted by Crippen LogP contribution is -2.11. The average molecular weight is 521 g/mol. The number of ether oxygens (including phenoxy) is 5. The van der Waals surface area contributed by atoms with Crippen LogP contribution < -0.4 is 23.7 Å². The van der Waals surface area contributed by atoms with Crippen LogP contribution in [0.1, 0.15) is 37.7 Å². The van der Waals surface area contributed by atoms with Crippen LogP contribution in [0.25, 0.3) is 6.08 Å². The summed E-state index contributed by atoms with van der Waals surface area (Å²) in [4.78, 5) is 24.9. The van der Waals surface area contributed by atoms with E-state index in [0.29, 0.717) is 23.5 Å². The van der Waals surface area contributed by atoms with Crippen molar-refractivity contribution in [2.24, 2.45) is 0 Å². The van der Waals surface area contributed by atoms with E-state index in [1.54, 1.807) is 12.1 Å². The number of thiol groups is 2. The molecule has 1 aliphatic heterocycles. The summed E-state index contributed by atoms with van der Waals surface area (Å²) in [6.45, 7) is 0.0138. The monoisotopic (exact) mass is 520 g/mol. The van der Waals surface area contributed by atoms with E-state index in [0.717, 1.165) is 25.0 Å². The Hall–Kier alpha value is -2.98. The standard InChI is InChI=1S/C25H28O8S2/c1-29-19-12-16(6-8-18(19)26)7-9-25(28)33-23-14-21-20(30-15-31-21)13-22(23)32-24(27)5-3-2-4-17(35)10-11-34/h6-9,12-14,17,26,34-35H,2-5,10-11,15H2,1H3/b9-7+. The lowest BCUT2D eigenvalue weighted by atomic mass is 10.1. The minimum Gasteiger partial charge on any atom is -0.504 e. The zero-order valence-corrected chi connectivity index (χ0v) is 21.1. The zero-order chi connectivity index (χ0) is 25.2. The Bertz CT molecular complexity index is 1070. The summed E-state index contributed by atoms with van der Waals surface area (Å²) in [5, 5.41) is 9.95. The Kier molecular flexibility index (Phi) is 10.0. The van der Waals surface area contributed by atoms with Gasteiger partial charge < -0.3 is 28.8 Å². The van der Waals surface area contributed by atoms with Gasteiger partial charge in [0.2, 0.25) is 6.79 Å². The van der Waals surface area contributed by atoms with E-state index in [2.05, 4.69) is 25.3 Å². The maximum absolute atomic E-state index is 12.5. The number of carbonyl (C=O) groups excluding carboxylic acids is 2. The molecule has 10 heteroatoms. The van der Waals surface area contributed by atoms with Gasteiger partial charge in [0, 0.05) is 29.9 Å². The lowest BCUT2D eigenvalue weighted by Gasteiger charge is -2.11. The minimum atomic E-state index is -0.697. The molecule has 188 valence electrons. The maximum Gasteiger partial charge on any atom is 0.336 e. The molecule has 0 amide bonds. The van der Waals surface area contributed by atoms with Gasteiger partial charge in [0.1, 0.15) is 0 Å². The first kappa shape index (κ1) is 26.6. The molecule has 1 atom stereocenters. The van der Waals surface area contributed by atoms with Crippen LogP contribution in [0.2, 0.25) is 0 Å². The first-order valence-electron chi connectivity index (χ1n) is 11.1. The number of rotatable bonds is 12. The highest BCUT2D eigenvalue weighted by molar-refractivity contribution is 7.81. The molecule has 0 bridgehead atoms. The van der Waals surface area contributed by atoms with Gasteiger partial charge in [-0.15, -0.1) is 0 Å². The zero-order valence-electron chi connectivity index (χ0n) is 19.3. The van der Waals surface area contributed by atoms with E-state index in [1.165, 1.54) is 37.5 Å². The van der Waals surface area contributed by atoms with Crippen LogP contribution in [0.5, 0.6) is 34.5 Å². The van der Waals surface area contributed by atoms with Crippen molar-refractivity contribution < 1.29 is 38.4 Å². The number of fused-ring (bicyclic) bond motifs is 1. The van der Waals surface area contributed by atoms with Gasteiger partial charge in [-0.3, -0.25) is 4.79 Å². The van der Waals surface area contributed by atoms with Crippen LogP contribution in [0.3, 0.4) is 0 Å². The van der Waals surface area contributed by atoms with Gasteiger partial charge in [-0.25, -0.2) is 4.79 Å². The van der Waals surface area contributed by atoms with E-state index in [9.17, 15) is 14.7 Å². The molecule has 0 radical (unpaired) electrons. The summed E-state index contributed by atoms with van der Waals surface area (Å²) < 4.78 is 26.7. The number of carbonyl (C=O) groups is 2. The van der Waals surface area contributed by atoms with Crippen molar-refractivity contribution in [1.82, 2.24) is 0 Å². The van der Waals surface area contributed by atoms with Crippen molar-refractivity contribution in [2.45, 2.75) is 37.4 Å². The van der Waals surface area contributed by atoms with E-state index in [1.807, 2.05) is 0 Å². The fourth-order valence-corrected chi connectivity index (χ4v) is 4.11. The Labute approximate surface area is 215 Å². The van der Waals surface area contributed by atoms with Crippen LogP contribution in [0.4, 0.5) is 0 Å². The van der Waals surface area contributed by atoms with Gasteiger partial charge >= 0.3 is 11.9 Å². The molecular formula is C25H28O8S2. The van der Waals surface area contributed by atoms with E-state index < -0.39 is 11.9 Å². The second-order valence-corrected chi connectivity index (χ2v) is 8.90. The van der Waals surface area contributed by atoms with E-state index >= 15 is 0 Å². The third-order valence-corrected chi connectivity index (χ3v) is 5.89. The van der Waals surface area contributed by atoms with Gasteiger partial charge in [0.25, 0.3) is 0 Å². The van der Waals surface area contributed by atoms with Gasteiger partial charge in [-0.1, -0.05) is 12.5 Å². The molecule has 0 saturated carbocycles. The smallest absolute Gasteiger partial charge is 0.336 e. The van der Waals surface area contributed by atoms with Crippen molar-refractivity contribution in [3.05, 3.63) is 42.0 Å². The highest BCUT2D eigenvalue weighted by Crippen LogP contribution is 2.42. The van der Waals surface area contributed by atoms with Crippen molar-refractivity contribution in [2.75, 3.05) is 19.7 Å². The third kappa shape index (κ3) is 8.03. The van der Waals surface area contributed by atoms with Gasteiger partial charge in [0.05, 0.1) is 7.11 Å². The molecule has 0 saturated heterocycles. The summed E-state index contributed by atoms with van der Waals surface area (Å²) in [7, 11) is 1.43. The first-order valence-corrected chi connectivity index (χ1v) is 12.2. The number of phenols is 1. The summed E-state index contributed by atoms with van der Waals surface area (Å²) in [6, 6.07) is 7.55. The Morgan fingerprint density at radius 2 is 1.77 bits per heavy atom. The van der Waals surface area contributed by atoms with Crippen molar-refractivity contribution >= 4 is 43.3 Å². The summed E-state index contributed by atoms with van der Waals surface area (Å²) in [5.41, 5.74) is 0.617. The molecule has 1 heterocycles. The summed E-state index contributed by atoms with van der Waals surface area (Å²) in [6.07, 6.45) is 6.23. The Balaban J connectivity index is 1.63. The molecule has 1 N–H and O–H groups in total. The van der Waals surface area contributed by atoms with Crippen molar-refractivity contribution in [1.29, 1.82) is 0 Å². The fourth-order valence-electron chi connectivity index (χ4n) is 3.29. The highest BCUT2D eigenvalue weighted by Gasteiger charge is 2.22. The SMILES string of the molecule is COc1cc(/C=C/C(=O)Oc2cc3c(cc2OC(=O)CCCCC(S)CCS)OCO3)ccc1O. The predicted octanol–water partition coefficient (Wildman–Crippen LogP) is 4.83. The molecule has 0 aliphatic carbocycles. The number of methoxy groups -OCH3 is 1. The fraction of sp³-hybridized carbons (Fsp3) is 0.360. The van der Waals surface area contributed by atoms with Crippen LogP contribution >= 0.6 is 25.3 Å². The molecule has 8 nitrogen and oxygen atoms in total. The Morgan fingerprint density at radius 1 is 1.06 bits per heavy atom. The number of hydrogen-bond acceptors (Lipinski definition) is 10. The molecule has 2 aromatic rings. The molecule has 35 heavy (non-hydrogen) atoms. The van der Waals surface area contributed by atoms with Gasteiger partial charge in [-0.05, 0) is 48.8 Å². The van der Waals surface area contributed by atoms with Crippen LogP contribution in [0.15, 0.2) is 36.4 Å². The molecule has 0 aromatic heterocycles. The highest BCUT2D eigenvalue weighted by atomic mass is 32.1. The Morgan fingerprint density at radius 3 is 2.46 bits per heavy atom. The molecule has 1 aliphatic rings. The maximum atomic E-state index is 12.5. The number of aromatic hydroxyl groups is 1.